The molecule has 0 aliphatic carbocycles. The molecule has 6 nitrogen and oxygen atoms in total. The number of sulfonamides is 1. The lowest BCUT2D eigenvalue weighted by atomic mass is 10.1. The second-order valence-electron chi connectivity index (χ2n) is 5.97. The fourth-order valence-corrected chi connectivity index (χ4v) is 3.28. The zero-order valence-corrected chi connectivity index (χ0v) is 15.7. The van der Waals surface area contributed by atoms with Gasteiger partial charge in [0.25, 0.3) is 0 Å². The Kier molecular flexibility index (Phi) is 6.05. The molecule has 2 rings (SSSR count). The van der Waals surface area contributed by atoms with Crippen LogP contribution in [0.3, 0.4) is 0 Å². The minimum Gasteiger partial charge on any atom is -0.504 e. The molecular formula is C18H24N2O4S. The SMILES string of the molecule is COc1ccc(CNC(C)c2ccc(S(=O)(=O)N(C)C)cc2)cc1O. The third-order valence-electron chi connectivity index (χ3n) is 4.01. The van der Waals surface area contributed by atoms with Crippen LogP contribution in [0, 0.1) is 0 Å². The van der Waals surface area contributed by atoms with Crippen molar-refractivity contribution in [3.8, 4) is 11.5 Å². The molecule has 0 saturated heterocycles. The predicted octanol–water partition coefficient (Wildman–Crippen LogP) is 2.50. The monoisotopic (exact) mass is 364 g/mol. The number of aromatic hydroxyl groups is 1. The molecule has 1 unspecified atom stereocenters. The second-order valence-corrected chi connectivity index (χ2v) is 8.12. The van der Waals surface area contributed by atoms with Gasteiger partial charge in [0.1, 0.15) is 0 Å². The first-order valence-corrected chi connectivity index (χ1v) is 9.31. The molecule has 7 heteroatoms. The van der Waals surface area contributed by atoms with Crippen LogP contribution in [0.5, 0.6) is 11.5 Å². The molecule has 0 heterocycles. The molecule has 0 aliphatic rings. The van der Waals surface area contributed by atoms with Crippen molar-refractivity contribution < 1.29 is 18.3 Å². The maximum atomic E-state index is 12.1. The third kappa shape index (κ3) is 4.50. The Balaban J connectivity index is 2.04. The highest BCUT2D eigenvalue weighted by Gasteiger charge is 2.17. The minimum atomic E-state index is -3.41. The number of benzene rings is 2. The molecule has 0 aliphatic heterocycles. The van der Waals surface area contributed by atoms with Crippen LogP contribution in [-0.4, -0.2) is 39.0 Å². The van der Waals surface area contributed by atoms with Crippen LogP contribution in [0.4, 0.5) is 0 Å². The van der Waals surface area contributed by atoms with Crippen molar-refractivity contribution in [2.45, 2.75) is 24.4 Å². The molecule has 0 spiro atoms. The predicted molar refractivity (Wildman–Crippen MR) is 97.2 cm³/mol. The van der Waals surface area contributed by atoms with Crippen LogP contribution >= 0.6 is 0 Å². The fraction of sp³-hybridized carbons (Fsp3) is 0.333. The smallest absolute Gasteiger partial charge is 0.242 e. The molecule has 0 fully saturated rings. The third-order valence-corrected chi connectivity index (χ3v) is 5.84. The van der Waals surface area contributed by atoms with E-state index in [0.29, 0.717) is 12.3 Å². The van der Waals surface area contributed by atoms with Gasteiger partial charge in [-0.05, 0) is 42.3 Å². The van der Waals surface area contributed by atoms with Gasteiger partial charge in [-0.25, -0.2) is 12.7 Å². The average molecular weight is 364 g/mol. The number of phenolic OH excluding ortho intramolecular Hbond substituents is 1. The van der Waals surface area contributed by atoms with Crippen LogP contribution in [0.25, 0.3) is 0 Å². The molecule has 2 aromatic rings. The van der Waals surface area contributed by atoms with Gasteiger partial charge in [0, 0.05) is 26.7 Å². The lowest BCUT2D eigenvalue weighted by Crippen LogP contribution is -2.22. The molecule has 0 aromatic heterocycles. The molecule has 0 amide bonds. The van der Waals surface area contributed by atoms with E-state index in [1.54, 1.807) is 36.4 Å². The highest BCUT2D eigenvalue weighted by atomic mass is 32.2. The van der Waals surface area contributed by atoms with E-state index in [2.05, 4.69) is 5.32 Å². The summed E-state index contributed by atoms with van der Waals surface area (Å²) in [5, 5.41) is 13.2. The van der Waals surface area contributed by atoms with Gasteiger partial charge in [-0.1, -0.05) is 18.2 Å². The molecule has 2 aromatic carbocycles. The first-order valence-electron chi connectivity index (χ1n) is 7.87. The lowest BCUT2D eigenvalue weighted by molar-refractivity contribution is 0.373. The first-order chi connectivity index (χ1) is 11.8. The van der Waals surface area contributed by atoms with Crippen molar-refractivity contribution in [3.05, 3.63) is 53.6 Å². The van der Waals surface area contributed by atoms with Crippen LogP contribution in [0.2, 0.25) is 0 Å². The summed E-state index contributed by atoms with van der Waals surface area (Å²) in [6.45, 7) is 2.56. The molecule has 2 N–H and O–H groups in total. The Hall–Kier alpha value is -2.09. The Morgan fingerprint density at radius 2 is 1.80 bits per heavy atom. The number of ether oxygens (including phenoxy) is 1. The quantitative estimate of drug-likeness (QED) is 0.789. The minimum absolute atomic E-state index is 0.0281. The van der Waals surface area contributed by atoms with Crippen molar-refractivity contribution in [2.24, 2.45) is 0 Å². The van der Waals surface area contributed by atoms with E-state index < -0.39 is 10.0 Å². The van der Waals surface area contributed by atoms with Gasteiger partial charge in [-0.15, -0.1) is 0 Å². The fourth-order valence-electron chi connectivity index (χ4n) is 2.37. The molecule has 0 radical (unpaired) electrons. The van der Waals surface area contributed by atoms with Crippen LogP contribution in [-0.2, 0) is 16.6 Å². The van der Waals surface area contributed by atoms with E-state index in [4.69, 9.17) is 4.74 Å². The number of hydrogen-bond donors (Lipinski definition) is 2. The Morgan fingerprint density at radius 3 is 2.32 bits per heavy atom. The highest BCUT2D eigenvalue weighted by molar-refractivity contribution is 7.89. The van der Waals surface area contributed by atoms with E-state index >= 15 is 0 Å². The van der Waals surface area contributed by atoms with Gasteiger partial charge >= 0.3 is 0 Å². The highest BCUT2D eigenvalue weighted by Crippen LogP contribution is 2.26. The number of rotatable bonds is 7. The summed E-state index contributed by atoms with van der Waals surface area (Å²) in [6, 6.07) is 12.1. The molecule has 0 saturated carbocycles. The topological polar surface area (TPSA) is 78.9 Å². The van der Waals surface area contributed by atoms with Crippen LogP contribution < -0.4 is 10.1 Å². The van der Waals surface area contributed by atoms with Crippen molar-refractivity contribution in [2.75, 3.05) is 21.2 Å². The van der Waals surface area contributed by atoms with Crippen molar-refractivity contribution in [1.82, 2.24) is 9.62 Å². The molecule has 25 heavy (non-hydrogen) atoms. The van der Waals surface area contributed by atoms with Gasteiger partial charge in [0.05, 0.1) is 12.0 Å². The van der Waals surface area contributed by atoms with Gasteiger partial charge in [-0.3, -0.25) is 0 Å². The van der Waals surface area contributed by atoms with Crippen molar-refractivity contribution in [1.29, 1.82) is 0 Å². The summed E-state index contributed by atoms with van der Waals surface area (Å²) in [5.74, 6) is 0.544. The maximum absolute atomic E-state index is 12.1. The Labute approximate surface area is 149 Å². The van der Waals surface area contributed by atoms with Gasteiger partial charge in [0.2, 0.25) is 10.0 Å². The summed E-state index contributed by atoms with van der Waals surface area (Å²) in [6.07, 6.45) is 0. The number of methoxy groups -OCH3 is 1. The summed E-state index contributed by atoms with van der Waals surface area (Å²) in [4.78, 5) is 0.272. The van der Waals surface area contributed by atoms with Gasteiger partial charge in [-0.2, -0.15) is 0 Å². The summed E-state index contributed by atoms with van der Waals surface area (Å²) in [5.41, 5.74) is 1.91. The Bertz CT molecular complexity index is 817. The molecular weight excluding hydrogens is 340 g/mol. The van der Waals surface area contributed by atoms with E-state index in [-0.39, 0.29) is 16.7 Å². The van der Waals surface area contributed by atoms with Gasteiger partial charge in [0.15, 0.2) is 11.5 Å². The molecule has 0 bridgehead atoms. The molecule has 1 atom stereocenters. The largest absolute Gasteiger partial charge is 0.504 e. The zero-order valence-electron chi connectivity index (χ0n) is 14.9. The number of hydrogen-bond acceptors (Lipinski definition) is 5. The zero-order chi connectivity index (χ0) is 18.6. The number of nitrogens with one attached hydrogen (secondary N) is 1. The number of phenols is 1. The first kappa shape index (κ1) is 19.2. The maximum Gasteiger partial charge on any atom is 0.242 e. The van der Waals surface area contributed by atoms with E-state index in [1.165, 1.54) is 25.5 Å². The second kappa shape index (κ2) is 7.86. The van der Waals surface area contributed by atoms with Crippen molar-refractivity contribution >= 4 is 10.0 Å². The lowest BCUT2D eigenvalue weighted by Gasteiger charge is -2.16. The Morgan fingerprint density at radius 1 is 1.16 bits per heavy atom. The van der Waals surface area contributed by atoms with E-state index in [9.17, 15) is 13.5 Å². The summed E-state index contributed by atoms with van der Waals surface area (Å²) >= 11 is 0. The van der Waals surface area contributed by atoms with Crippen LogP contribution in [0.1, 0.15) is 24.1 Å². The van der Waals surface area contributed by atoms with Crippen LogP contribution in [0.15, 0.2) is 47.4 Å². The number of nitrogens with zero attached hydrogens (tertiary/aromatic N) is 1. The summed E-state index contributed by atoms with van der Waals surface area (Å²) < 4.78 is 30.4. The van der Waals surface area contributed by atoms with E-state index in [1.807, 2.05) is 13.0 Å². The average Bonchev–Trinajstić information content (AvgIpc) is 2.59. The van der Waals surface area contributed by atoms with Crippen molar-refractivity contribution in [3.63, 3.8) is 0 Å². The van der Waals surface area contributed by atoms with E-state index in [0.717, 1.165) is 11.1 Å². The van der Waals surface area contributed by atoms with Gasteiger partial charge < -0.3 is 15.2 Å². The summed E-state index contributed by atoms with van der Waals surface area (Å²) in [7, 11) is 1.12. The standard InChI is InChI=1S/C18H24N2O4S/c1-13(19-12-14-5-10-18(24-4)17(21)11-14)15-6-8-16(9-7-15)25(22,23)20(2)3/h5-11,13,19,21H,12H2,1-4H3. The molecule has 136 valence electrons. The normalized spacial score (nSPS) is 13.0.